The van der Waals surface area contributed by atoms with E-state index < -0.39 is 0 Å². The largest absolute Gasteiger partial charge is 0.459 e. The molecule has 3 heteroatoms. The molecule has 0 aromatic heterocycles. The Morgan fingerprint density at radius 2 is 1.90 bits per heavy atom. The van der Waals surface area contributed by atoms with Crippen LogP contribution >= 0.6 is 0 Å². The van der Waals surface area contributed by atoms with Crippen LogP contribution in [0.5, 0.6) is 0 Å². The second kappa shape index (κ2) is 5.01. The van der Waals surface area contributed by atoms with Crippen molar-refractivity contribution in [2.24, 2.45) is 23.7 Å². The number of carbonyl (C=O) groups is 1. The molecule has 0 spiro atoms. The average molecular weight is 279 g/mol. The van der Waals surface area contributed by atoms with Crippen LogP contribution in [0.1, 0.15) is 53.9 Å². The van der Waals surface area contributed by atoms with Crippen LogP contribution in [0.4, 0.5) is 0 Å². The van der Waals surface area contributed by atoms with Crippen molar-refractivity contribution in [2.45, 2.75) is 78.1 Å². The third-order valence-electron chi connectivity index (χ3n) is 5.82. The number of cyclic esters (lactones) is 1. The topological polar surface area (TPSA) is 29.3 Å². The molecule has 1 unspecified atom stereocenters. The highest BCUT2D eigenvalue weighted by Crippen LogP contribution is 2.50. The molecular weight excluding hydrogens is 250 g/mol. The van der Waals surface area contributed by atoms with Crippen LogP contribution in [0, 0.1) is 23.7 Å². The van der Waals surface area contributed by atoms with Crippen molar-refractivity contribution >= 4 is 5.97 Å². The van der Waals surface area contributed by atoms with Gasteiger partial charge in [0.2, 0.25) is 0 Å². The van der Waals surface area contributed by atoms with Gasteiger partial charge in [-0.15, -0.1) is 0 Å². The average Bonchev–Trinajstić information content (AvgIpc) is 3.02. The van der Waals surface area contributed by atoms with Crippen molar-refractivity contribution < 1.29 is 9.53 Å². The molecule has 0 N–H and O–H groups in total. The summed E-state index contributed by atoms with van der Waals surface area (Å²) < 4.78 is 5.79. The number of hydrogen-bond donors (Lipinski definition) is 0. The Labute approximate surface area is 123 Å². The van der Waals surface area contributed by atoms with Crippen molar-refractivity contribution in [2.75, 3.05) is 0 Å². The van der Waals surface area contributed by atoms with E-state index in [0.717, 1.165) is 11.8 Å². The van der Waals surface area contributed by atoms with Crippen LogP contribution in [0.25, 0.3) is 0 Å². The minimum absolute atomic E-state index is 0.0365. The Kier molecular flexibility index (Phi) is 3.60. The fourth-order valence-electron chi connectivity index (χ4n) is 4.81. The molecule has 2 heterocycles. The summed E-state index contributed by atoms with van der Waals surface area (Å²) in [6, 6.07) is 0.906. The van der Waals surface area contributed by atoms with E-state index in [2.05, 4.69) is 39.5 Å². The molecule has 20 heavy (non-hydrogen) atoms. The maximum absolute atomic E-state index is 12.1. The number of fused-ring (bicyclic) bond motifs is 1. The van der Waals surface area contributed by atoms with E-state index in [4.69, 9.17) is 4.74 Å². The Morgan fingerprint density at radius 3 is 2.45 bits per heavy atom. The Bertz CT molecular complexity index is 392. The summed E-state index contributed by atoms with van der Waals surface area (Å²) >= 11 is 0. The lowest BCUT2D eigenvalue weighted by molar-refractivity contribution is -0.151. The van der Waals surface area contributed by atoms with Gasteiger partial charge < -0.3 is 4.74 Å². The zero-order valence-corrected chi connectivity index (χ0v) is 13.5. The Hall–Kier alpha value is -0.570. The van der Waals surface area contributed by atoms with Gasteiger partial charge in [-0.25, -0.2) is 0 Å². The van der Waals surface area contributed by atoms with Crippen LogP contribution < -0.4 is 0 Å². The fraction of sp³-hybridized carbons (Fsp3) is 0.941. The standard InChI is InChI=1S/C17H29NO2/c1-9(2)12-7-6-11(5)8-13(12)16-14-15(17(19)20-16)18(14)10(3)4/h9-16H,6-8H2,1-5H3/t11-,12+,13-,14-,15+,16-,18?/m1/s1. The molecule has 3 rings (SSSR count). The monoisotopic (exact) mass is 279 g/mol. The van der Waals surface area contributed by atoms with Crippen LogP contribution in [0.15, 0.2) is 0 Å². The molecule has 3 aliphatic rings. The first-order valence-corrected chi connectivity index (χ1v) is 8.39. The van der Waals surface area contributed by atoms with Gasteiger partial charge >= 0.3 is 5.97 Å². The Morgan fingerprint density at radius 1 is 1.20 bits per heavy atom. The first-order chi connectivity index (χ1) is 9.41. The van der Waals surface area contributed by atoms with Crippen molar-refractivity contribution in [1.82, 2.24) is 4.90 Å². The summed E-state index contributed by atoms with van der Waals surface area (Å²) in [4.78, 5) is 14.4. The van der Waals surface area contributed by atoms with Gasteiger partial charge in [0.15, 0.2) is 0 Å². The first-order valence-electron chi connectivity index (χ1n) is 8.39. The molecule has 0 bridgehead atoms. The van der Waals surface area contributed by atoms with Gasteiger partial charge in [0.05, 0.1) is 6.04 Å². The van der Waals surface area contributed by atoms with E-state index in [0.29, 0.717) is 23.9 Å². The zero-order valence-electron chi connectivity index (χ0n) is 13.5. The minimum Gasteiger partial charge on any atom is -0.459 e. The summed E-state index contributed by atoms with van der Waals surface area (Å²) in [6.45, 7) is 11.4. The maximum atomic E-state index is 12.1. The van der Waals surface area contributed by atoms with Crippen molar-refractivity contribution in [3.8, 4) is 0 Å². The highest BCUT2D eigenvalue weighted by atomic mass is 16.6. The Balaban J connectivity index is 1.78. The molecule has 0 aromatic rings. The van der Waals surface area contributed by atoms with Gasteiger partial charge in [-0.2, -0.15) is 0 Å². The van der Waals surface area contributed by atoms with E-state index in [1.54, 1.807) is 0 Å². The third kappa shape index (κ3) is 2.18. The zero-order chi connectivity index (χ0) is 14.6. The fourth-order valence-corrected chi connectivity index (χ4v) is 4.81. The third-order valence-corrected chi connectivity index (χ3v) is 5.82. The van der Waals surface area contributed by atoms with E-state index in [-0.39, 0.29) is 18.1 Å². The van der Waals surface area contributed by atoms with Crippen LogP contribution in [-0.2, 0) is 9.53 Å². The second-order valence-electron chi connectivity index (χ2n) is 7.87. The summed E-state index contributed by atoms with van der Waals surface area (Å²) in [6.07, 6.45) is 4.03. The molecule has 2 saturated heterocycles. The van der Waals surface area contributed by atoms with Crippen molar-refractivity contribution in [3.63, 3.8) is 0 Å². The molecule has 3 nitrogen and oxygen atoms in total. The quantitative estimate of drug-likeness (QED) is 0.587. The van der Waals surface area contributed by atoms with Crippen molar-refractivity contribution in [1.29, 1.82) is 0 Å². The van der Waals surface area contributed by atoms with Gasteiger partial charge in [0.25, 0.3) is 0 Å². The second-order valence-corrected chi connectivity index (χ2v) is 7.87. The number of rotatable bonds is 3. The van der Waals surface area contributed by atoms with Gasteiger partial charge in [0, 0.05) is 12.0 Å². The van der Waals surface area contributed by atoms with Crippen LogP contribution in [0.2, 0.25) is 0 Å². The van der Waals surface area contributed by atoms with Gasteiger partial charge in [-0.05, 0) is 44.4 Å². The maximum Gasteiger partial charge on any atom is 0.325 e. The summed E-state index contributed by atoms with van der Waals surface area (Å²) in [5.41, 5.74) is 0. The molecule has 1 saturated carbocycles. The smallest absolute Gasteiger partial charge is 0.325 e. The predicted molar refractivity (Wildman–Crippen MR) is 79.3 cm³/mol. The van der Waals surface area contributed by atoms with E-state index >= 15 is 0 Å². The number of nitrogens with zero attached hydrogens (tertiary/aromatic N) is 1. The van der Waals surface area contributed by atoms with Gasteiger partial charge in [0.1, 0.15) is 12.1 Å². The highest BCUT2D eigenvalue weighted by Gasteiger charge is 2.66. The molecule has 1 aliphatic carbocycles. The summed E-state index contributed by atoms with van der Waals surface area (Å²) in [5, 5.41) is 0. The van der Waals surface area contributed by atoms with Crippen LogP contribution in [-0.4, -0.2) is 35.1 Å². The normalized spacial score (nSPS) is 47.5. The lowest BCUT2D eigenvalue weighted by Gasteiger charge is -2.40. The van der Waals surface area contributed by atoms with E-state index in [1.807, 2.05) is 0 Å². The molecule has 0 aromatic carbocycles. The molecule has 0 amide bonds. The number of esters is 1. The summed E-state index contributed by atoms with van der Waals surface area (Å²) in [7, 11) is 0. The number of ether oxygens (including phenoxy) is 1. The first kappa shape index (κ1) is 14.4. The highest BCUT2D eigenvalue weighted by molar-refractivity contribution is 5.83. The molecule has 114 valence electrons. The number of carbonyl (C=O) groups excluding carboxylic acids is 1. The SMILES string of the molecule is CC(C)[C@@H]1CC[C@@H](C)C[C@H]1[C@H]1OC(=O)[C@@H]2[C@H]1N2C(C)C. The number of hydrogen-bond acceptors (Lipinski definition) is 3. The molecule has 7 atom stereocenters. The van der Waals surface area contributed by atoms with Crippen molar-refractivity contribution in [3.05, 3.63) is 0 Å². The predicted octanol–water partition coefficient (Wildman–Crippen LogP) is 3.08. The lowest BCUT2D eigenvalue weighted by Crippen LogP contribution is -2.41. The lowest BCUT2D eigenvalue weighted by atomic mass is 9.67. The van der Waals surface area contributed by atoms with Crippen LogP contribution in [0.3, 0.4) is 0 Å². The number of morpholine rings is 1. The minimum atomic E-state index is 0.0365. The molecule has 0 radical (unpaired) electrons. The summed E-state index contributed by atoms with van der Waals surface area (Å²) in [5.74, 6) is 2.80. The van der Waals surface area contributed by atoms with E-state index in [9.17, 15) is 4.79 Å². The van der Waals surface area contributed by atoms with Gasteiger partial charge in [-0.3, -0.25) is 9.69 Å². The molecular formula is C17H29NO2. The van der Waals surface area contributed by atoms with Gasteiger partial charge in [-0.1, -0.05) is 27.2 Å². The van der Waals surface area contributed by atoms with E-state index in [1.165, 1.54) is 19.3 Å². The molecule has 2 aliphatic heterocycles. The molecule has 3 fully saturated rings.